The third kappa shape index (κ3) is 3.14. The third-order valence-corrected chi connectivity index (χ3v) is 4.99. The molecule has 3 heterocycles. The maximum absolute atomic E-state index is 12.8. The van der Waals surface area contributed by atoms with Crippen molar-refractivity contribution in [2.24, 2.45) is 0 Å². The van der Waals surface area contributed by atoms with Gasteiger partial charge >= 0.3 is 0 Å². The Morgan fingerprint density at radius 1 is 1.12 bits per heavy atom. The molecule has 130 valence electrons. The summed E-state index contributed by atoms with van der Waals surface area (Å²) in [6.07, 6.45) is 6.70. The molecule has 7 nitrogen and oxygen atoms in total. The van der Waals surface area contributed by atoms with Gasteiger partial charge in [-0.25, -0.2) is 9.67 Å². The molecule has 2 amide bonds. The molecule has 2 aromatic rings. The normalized spacial score (nSPS) is 21.0. The average Bonchev–Trinajstić information content (AvgIpc) is 3.33. The quantitative estimate of drug-likeness (QED) is 0.856. The SMILES string of the molecule is O=C(c1ccc(N2CCCC2=O)cc1)N1CCC[C@H](n2cncn2)C1. The predicted octanol–water partition coefficient (Wildman–Crippen LogP) is 1.88. The highest BCUT2D eigenvalue weighted by molar-refractivity contribution is 5.97. The van der Waals surface area contributed by atoms with Crippen molar-refractivity contribution in [2.75, 3.05) is 24.5 Å². The van der Waals surface area contributed by atoms with Crippen LogP contribution in [-0.4, -0.2) is 51.1 Å². The first-order valence-corrected chi connectivity index (χ1v) is 8.76. The maximum atomic E-state index is 12.8. The molecule has 25 heavy (non-hydrogen) atoms. The van der Waals surface area contributed by atoms with Crippen LogP contribution in [0.25, 0.3) is 0 Å². The maximum Gasteiger partial charge on any atom is 0.253 e. The number of piperidine rings is 1. The highest BCUT2D eigenvalue weighted by Crippen LogP contribution is 2.24. The van der Waals surface area contributed by atoms with Gasteiger partial charge in [0, 0.05) is 37.3 Å². The molecule has 1 aromatic heterocycles. The van der Waals surface area contributed by atoms with Gasteiger partial charge in [-0.1, -0.05) is 0 Å². The molecule has 7 heteroatoms. The zero-order valence-corrected chi connectivity index (χ0v) is 14.0. The van der Waals surface area contributed by atoms with Crippen molar-refractivity contribution < 1.29 is 9.59 Å². The first-order chi connectivity index (χ1) is 12.2. The lowest BCUT2D eigenvalue weighted by Gasteiger charge is -2.32. The summed E-state index contributed by atoms with van der Waals surface area (Å²) in [5.41, 5.74) is 1.54. The highest BCUT2D eigenvalue weighted by Gasteiger charge is 2.26. The topological polar surface area (TPSA) is 71.3 Å². The molecular formula is C18H21N5O2. The minimum absolute atomic E-state index is 0.0316. The summed E-state index contributed by atoms with van der Waals surface area (Å²) in [7, 11) is 0. The standard InChI is InChI=1S/C18H21N5O2/c24-17-4-2-10-22(17)15-7-5-14(6-8-15)18(25)21-9-1-3-16(11-21)23-13-19-12-20-23/h5-8,12-13,16H,1-4,9-11H2/t16-/m0/s1. The van der Waals surface area contributed by atoms with E-state index in [-0.39, 0.29) is 17.9 Å². The molecule has 0 N–H and O–H groups in total. The van der Waals surface area contributed by atoms with Crippen molar-refractivity contribution in [3.63, 3.8) is 0 Å². The van der Waals surface area contributed by atoms with Crippen LogP contribution < -0.4 is 4.90 Å². The summed E-state index contributed by atoms with van der Waals surface area (Å²) in [4.78, 5) is 32.3. The smallest absolute Gasteiger partial charge is 0.253 e. The lowest BCUT2D eigenvalue weighted by Crippen LogP contribution is -2.40. The number of carbonyl (C=O) groups is 2. The van der Waals surface area contributed by atoms with Gasteiger partial charge in [-0.05, 0) is 43.5 Å². The van der Waals surface area contributed by atoms with Crippen LogP contribution in [0.3, 0.4) is 0 Å². The fourth-order valence-corrected chi connectivity index (χ4v) is 3.65. The summed E-state index contributed by atoms with van der Waals surface area (Å²) >= 11 is 0. The minimum Gasteiger partial charge on any atom is -0.337 e. The Labute approximate surface area is 146 Å². The first kappa shape index (κ1) is 15.8. The number of carbonyl (C=O) groups excluding carboxylic acids is 2. The number of anilines is 1. The van der Waals surface area contributed by atoms with Gasteiger partial charge in [0.1, 0.15) is 12.7 Å². The van der Waals surface area contributed by atoms with Gasteiger partial charge in [0.25, 0.3) is 5.91 Å². The van der Waals surface area contributed by atoms with E-state index >= 15 is 0 Å². The van der Waals surface area contributed by atoms with E-state index in [1.54, 1.807) is 11.2 Å². The van der Waals surface area contributed by atoms with Gasteiger partial charge in [-0.3, -0.25) is 9.59 Å². The van der Waals surface area contributed by atoms with Gasteiger partial charge < -0.3 is 9.80 Å². The van der Waals surface area contributed by atoms with Crippen molar-refractivity contribution in [1.29, 1.82) is 0 Å². The molecule has 0 bridgehead atoms. The molecular weight excluding hydrogens is 318 g/mol. The Morgan fingerprint density at radius 2 is 1.96 bits per heavy atom. The highest BCUT2D eigenvalue weighted by atomic mass is 16.2. The first-order valence-electron chi connectivity index (χ1n) is 8.76. The van der Waals surface area contributed by atoms with E-state index in [2.05, 4.69) is 10.1 Å². The van der Waals surface area contributed by atoms with Gasteiger partial charge in [0.15, 0.2) is 0 Å². The van der Waals surface area contributed by atoms with Crippen molar-refractivity contribution in [2.45, 2.75) is 31.7 Å². The summed E-state index contributed by atoms with van der Waals surface area (Å²) in [6.45, 7) is 2.17. The Kier molecular flexibility index (Phi) is 4.21. The van der Waals surface area contributed by atoms with Crippen LogP contribution in [0.2, 0.25) is 0 Å². The Balaban J connectivity index is 1.46. The molecule has 2 aliphatic heterocycles. The molecule has 2 aliphatic rings. The Morgan fingerprint density at radius 3 is 2.64 bits per heavy atom. The molecule has 1 aromatic carbocycles. The van der Waals surface area contributed by atoms with E-state index in [9.17, 15) is 9.59 Å². The van der Waals surface area contributed by atoms with Crippen LogP contribution >= 0.6 is 0 Å². The number of amides is 2. The number of aromatic nitrogens is 3. The molecule has 2 fully saturated rings. The van der Waals surface area contributed by atoms with E-state index < -0.39 is 0 Å². The fourth-order valence-electron chi connectivity index (χ4n) is 3.65. The van der Waals surface area contributed by atoms with Crippen molar-refractivity contribution in [1.82, 2.24) is 19.7 Å². The third-order valence-electron chi connectivity index (χ3n) is 4.99. The second kappa shape index (κ2) is 6.66. The van der Waals surface area contributed by atoms with Gasteiger partial charge in [-0.2, -0.15) is 5.10 Å². The summed E-state index contributed by atoms with van der Waals surface area (Å²) in [5.74, 6) is 0.190. The fraction of sp³-hybridized carbons (Fsp3) is 0.444. The molecule has 2 saturated heterocycles. The Bertz CT molecular complexity index is 756. The predicted molar refractivity (Wildman–Crippen MR) is 92.2 cm³/mol. The lowest BCUT2D eigenvalue weighted by atomic mass is 10.0. The molecule has 4 rings (SSSR count). The number of hydrogen-bond donors (Lipinski definition) is 0. The molecule has 0 radical (unpaired) electrons. The van der Waals surface area contributed by atoms with E-state index in [0.29, 0.717) is 18.5 Å². The summed E-state index contributed by atoms with van der Waals surface area (Å²) in [6, 6.07) is 7.57. The van der Waals surface area contributed by atoms with Crippen molar-refractivity contribution in [3.05, 3.63) is 42.5 Å². The zero-order chi connectivity index (χ0) is 17.2. The number of likely N-dealkylation sites (tertiary alicyclic amines) is 1. The summed E-state index contributed by atoms with van der Waals surface area (Å²) in [5, 5.41) is 4.20. The summed E-state index contributed by atoms with van der Waals surface area (Å²) < 4.78 is 1.83. The van der Waals surface area contributed by atoms with Gasteiger partial charge in [0.2, 0.25) is 5.91 Å². The minimum atomic E-state index is 0.0316. The van der Waals surface area contributed by atoms with Crippen molar-refractivity contribution in [3.8, 4) is 0 Å². The number of nitrogens with zero attached hydrogens (tertiary/aromatic N) is 5. The zero-order valence-electron chi connectivity index (χ0n) is 14.0. The van der Waals surface area contributed by atoms with E-state index in [4.69, 9.17) is 0 Å². The molecule has 0 aliphatic carbocycles. The van der Waals surface area contributed by atoms with Crippen LogP contribution in [0.5, 0.6) is 0 Å². The van der Waals surface area contributed by atoms with Gasteiger partial charge in [-0.15, -0.1) is 0 Å². The number of benzene rings is 1. The second-order valence-electron chi connectivity index (χ2n) is 6.62. The van der Waals surface area contributed by atoms with E-state index in [1.807, 2.05) is 33.8 Å². The lowest BCUT2D eigenvalue weighted by molar-refractivity contribution is -0.117. The van der Waals surface area contributed by atoms with Crippen LogP contribution in [0, 0.1) is 0 Å². The molecule has 0 saturated carbocycles. The van der Waals surface area contributed by atoms with Crippen LogP contribution in [0.4, 0.5) is 5.69 Å². The average molecular weight is 339 g/mol. The largest absolute Gasteiger partial charge is 0.337 e. The van der Waals surface area contributed by atoms with Crippen LogP contribution in [0.15, 0.2) is 36.9 Å². The number of hydrogen-bond acceptors (Lipinski definition) is 4. The van der Waals surface area contributed by atoms with E-state index in [1.165, 1.54) is 6.33 Å². The van der Waals surface area contributed by atoms with E-state index in [0.717, 1.165) is 38.0 Å². The van der Waals surface area contributed by atoms with Crippen LogP contribution in [-0.2, 0) is 4.79 Å². The Hall–Kier alpha value is -2.70. The number of rotatable bonds is 3. The molecule has 0 unspecified atom stereocenters. The van der Waals surface area contributed by atoms with Crippen LogP contribution in [0.1, 0.15) is 42.1 Å². The van der Waals surface area contributed by atoms with Crippen molar-refractivity contribution >= 4 is 17.5 Å². The molecule has 1 atom stereocenters. The van der Waals surface area contributed by atoms with Gasteiger partial charge in [0.05, 0.1) is 6.04 Å². The second-order valence-corrected chi connectivity index (χ2v) is 6.62. The monoisotopic (exact) mass is 339 g/mol. The molecule has 0 spiro atoms.